The zero-order valence-electron chi connectivity index (χ0n) is 27.5. The fourth-order valence-electron chi connectivity index (χ4n) is 5.40. The number of amidine groups is 1. The maximum Gasteiger partial charge on any atom is 0.573 e. The number of aliphatic imine (C=N–C) groups is 1. The maximum atomic E-state index is 13.1. The Labute approximate surface area is 282 Å². The van der Waals surface area contributed by atoms with E-state index in [1.54, 1.807) is 18.9 Å². The topological polar surface area (TPSA) is 93.9 Å². The van der Waals surface area contributed by atoms with Gasteiger partial charge in [0, 0.05) is 29.1 Å². The largest absolute Gasteiger partial charge is 0.573 e. The Kier molecular flexibility index (Phi) is 11.0. The monoisotopic (exact) mass is 680 g/mol. The summed E-state index contributed by atoms with van der Waals surface area (Å²) in [6.45, 7) is 8.43. The van der Waals surface area contributed by atoms with Crippen molar-refractivity contribution in [3.8, 4) is 28.6 Å². The Morgan fingerprint density at radius 2 is 1.77 bits per heavy atom. The van der Waals surface area contributed by atoms with E-state index in [-0.39, 0.29) is 29.8 Å². The van der Waals surface area contributed by atoms with Gasteiger partial charge in [0.25, 0.3) is 0 Å². The lowest BCUT2D eigenvalue weighted by molar-refractivity contribution is -0.274. The van der Waals surface area contributed by atoms with E-state index in [0.717, 1.165) is 53.1 Å². The number of hydrogen-bond donors (Lipinski definition) is 1. The van der Waals surface area contributed by atoms with E-state index in [4.69, 9.17) is 4.74 Å². The Bertz CT molecular complexity index is 1720. The fraction of sp³-hybridized carbons (Fsp3) is 0.371. The smallest absolute Gasteiger partial charge is 0.497 e. The summed E-state index contributed by atoms with van der Waals surface area (Å²) in [4.78, 5) is 24.1. The minimum Gasteiger partial charge on any atom is -0.497 e. The predicted octanol–water partition coefficient (Wildman–Crippen LogP) is 8.38. The molecule has 13 heteroatoms. The van der Waals surface area contributed by atoms with Gasteiger partial charge in [-0.1, -0.05) is 49.9 Å². The van der Waals surface area contributed by atoms with Crippen molar-refractivity contribution in [1.29, 1.82) is 0 Å². The molecule has 0 radical (unpaired) electrons. The number of aryl methyl sites for hydroxylation is 1. The lowest BCUT2D eigenvalue weighted by Crippen LogP contribution is -2.43. The van der Waals surface area contributed by atoms with Crippen molar-refractivity contribution in [2.24, 2.45) is 4.99 Å². The van der Waals surface area contributed by atoms with Gasteiger partial charge >= 0.3 is 12.4 Å². The van der Waals surface area contributed by atoms with E-state index < -0.39 is 6.36 Å². The molecule has 1 saturated heterocycles. The maximum absolute atomic E-state index is 13.1. The first-order chi connectivity index (χ1) is 22.9. The Hall–Kier alpha value is -4.52. The highest BCUT2D eigenvalue weighted by molar-refractivity contribution is 8.14. The number of amides is 2. The van der Waals surface area contributed by atoms with Gasteiger partial charge < -0.3 is 19.7 Å². The Morgan fingerprint density at radius 3 is 2.44 bits per heavy atom. The number of rotatable bonds is 10. The summed E-state index contributed by atoms with van der Waals surface area (Å²) in [5.74, 6) is 2.14. The van der Waals surface area contributed by atoms with Gasteiger partial charge in [-0.25, -0.2) is 14.5 Å². The third-order valence-electron chi connectivity index (χ3n) is 8.00. The third-order valence-corrected chi connectivity index (χ3v) is 8.99. The number of hydrogen-bond acceptors (Lipinski definition) is 6. The van der Waals surface area contributed by atoms with Gasteiger partial charge in [-0.2, -0.15) is 4.99 Å². The highest BCUT2D eigenvalue weighted by Crippen LogP contribution is 2.37. The van der Waals surface area contributed by atoms with Crippen molar-refractivity contribution in [2.75, 3.05) is 17.8 Å². The number of urea groups is 1. The lowest BCUT2D eigenvalue weighted by atomic mass is 9.99. The molecule has 0 saturated carbocycles. The first kappa shape index (κ1) is 34.8. The van der Waals surface area contributed by atoms with Crippen LogP contribution in [0.15, 0.2) is 78.0 Å². The van der Waals surface area contributed by atoms with Gasteiger partial charge in [-0.3, -0.25) is 0 Å². The molecule has 48 heavy (non-hydrogen) atoms. The molecule has 4 aromatic rings. The molecular formula is C35H39F3N6O3S. The van der Waals surface area contributed by atoms with Gasteiger partial charge in [-0.15, -0.1) is 18.3 Å². The highest BCUT2D eigenvalue weighted by Gasteiger charge is 2.31. The van der Waals surface area contributed by atoms with Crippen LogP contribution in [-0.4, -0.2) is 57.3 Å². The predicted molar refractivity (Wildman–Crippen MR) is 183 cm³/mol. The summed E-state index contributed by atoms with van der Waals surface area (Å²) < 4.78 is 48.2. The minimum atomic E-state index is -4.75. The SMILES string of the molecule is COc1ccc(N2C(=NC(=O)NC(C)CCc3ccc(-c4ncn(-c5ccc(OC(F)(F)F)cc5)n4)cc3)SCCC2C)c(C(C)C)c1. The number of nitrogens with one attached hydrogen (secondary N) is 1. The number of ether oxygens (including phenoxy) is 2. The molecule has 0 spiro atoms. The molecule has 3 aromatic carbocycles. The Morgan fingerprint density at radius 1 is 1.06 bits per heavy atom. The Balaban J connectivity index is 1.17. The van der Waals surface area contributed by atoms with Crippen LogP contribution in [0.2, 0.25) is 0 Å². The average molecular weight is 681 g/mol. The van der Waals surface area contributed by atoms with Crippen LogP contribution < -0.4 is 19.7 Å². The fourth-order valence-corrected chi connectivity index (χ4v) is 6.61. The van der Waals surface area contributed by atoms with E-state index in [0.29, 0.717) is 16.7 Å². The van der Waals surface area contributed by atoms with Crippen LogP contribution in [0.4, 0.5) is 23.7 Å². The molecule has 1 aliphatic heterocycles. The molecule has 2 heterocycles. The van der Waals surface area contributed by atoms with E-state index in [2.05, 4.69) is 62.9 Å². The number of halogens is 3. The molecular weight excluding hydrogens is 641 g/mol. The summed E-state index contributed by atoms with van der Waals surface area (Å²) >= 11 is 1.60. The van der Waals surface area contributed by atoms with Crippen LogP contribution in [-0.2, 0) is 6.42 Å². The molecule has 2 atom stereocenters. The van der Waals surface area contributed by atoms with E-state index in [9.17, 15) is 18.0 Å². The van der Waals surface area contributed by atoms with Crippen LogP contribution >= 0.6 is 11.8 Å². The third kappa shape index (κ3) is 8.88. The van der Waals surface area contributed by atoms with Crippen molar-refractivity contribution in [3.05, 3.63) is 84.2 Å². The van der Waals surface area contributed by atoms with Gasteiger partial charge in [0.05, 0.1) is 12.8 Å². The van der Waals surface area contributed by atoms with Crippen LogP contribution in [0.3, 0.4) is 0 Å². The van der Waals surface area contributed by atoms with Crippen molar-refractivity contribution in [1.82, 2.24) is 20.1 Å². The van der Waals surface area contributed by atoms with E-state index in [1.807, 2.05) is 37.3 Å². The number of carbonyl (C=O) groups is 1. The lowest BCUT2D eigenvalue weighted by Gasteiger charge is -2.37. The first-order valence-electron chi connectivity index (χ1n) is 15.8. The van der Waals surface area contributed by atoms with Crippen molar-refractivity contribution >= 4 is 28.6 Å². The second-order valence-corrected chi connectivity index (χ2v) is 13.0. The summed E-state index contributed by atoms with van der Waals surface area (Å²) in [6.07, 6.45) is -0.794. The zero-order valence-corrected chi connectivity index (χ0v) is 28.3. The minimum absolute atomic E-state index is 0.0986. The van der Waals surface area contributed by atoms with Gasteiger partial charge in [0.15, 0.2) is 11.0 Å². The standard InChI is InChI=1S/C35H39F3N6O3S/c1-22(2)30-20-29(46-5)16-17-31(30)44-24(4)18-19-48-34(44)41-33(45)40-23(3)6-7-25-8-10-26(11-9-25)32-39-21-43(42-32)27-12-14-28(15-13-27)47-35(36,37)38/h8-17,20-24H,6-7,18-19H2,1-5H3,(H,40,45). The number of methoxy groups -OCH3 is 1. The molecule has 1 fully saturated rings. The average Bonchev–Trinajstić information content (AvgIpc) is 3.54. The van der Waals surface area contributed by atoms with Crippen molar-refractivity contribution in [2.45, 2.75) is 71.3 Å². The molecule has 1 N–H and O–H groups in total. The van der Waals surface area contributed by atoms with Gasteiger partial charge in [-0.05, 0) is 92.6 Å². The molecule has 2 unspecified atom stereocenters. The number of carbonyl (C=O) groups excluding carboxylic acids is 1. The van der Waals surface area contributed by atoms with Crippen LogP contribution in [0.1, 0.15) is 57.6 Å². The summed E-state index contributed by atoms with van der Waals surface area (Å²) in [5.41, 5.74) is 4.63. The number of alkyl halides is 3. The van der Waals surface area contributed by atoms with Gasteiger partial charge in [0.1, 0.15) is 17.8 Å². The normalized spacial score (nSPS) is 16.6. The number of anilines is 1. The van der Waals surface area contributed by atoms with Crippen LogP contribution in [0.25, 0.3) is 17.1 Å². The molecule has 1 aliphatic rings. The van der Waals surface area contributed by atoms with E-state index >= 15 is 0 Å². The quantitative estimate of drug-likeness (QED) is 0.180. The van der Waals surface area contributed by atoms with Crippen LogP contribution in [0, 0.1) is 0 Å². The number of thioether (sulfide) groups is 1. The molecule has 9 nitrogen and oxygen atoms in total. The van der Waals surface area contributed by atoms with Gasteiger partial charge in [0.2, 0.25) is 0 Å². The highest BCUT2D eigenvalue weighted by atomic mass is 32.2. The first-order valence-corrected chi connectivity index (χ1v) is 16.7. The van der Waals surface area contributed by atoms with Crippen molar-refractivity contribution in [3.63, 3.8) is 0 Å². The molecule has 2 amide bonds. The van der Waals surface area contributed by atoms with Crippen LogP contribution in [0.5, 0.6) is 11.5 Å². The number of nitrogens with zero attached hydrogens (tertiary/aromatic N) is 5. The van der Waals surface area contributed by atoms with E-state index in [1.165, 1.54) is 35.3 Å². The van der Waals surface area contributed by atoms with Crippen molar-refractivity contribution < 1.29 is 27.4 Å². The number of benzene rings is 3. The number of aromatic nitrogens is 3. The second kappa shape index (κ2) is 15.1. The molecule has 0 bridgehead atoms. The second-order valence-electron chi connectivity index (χ2n) is 12.0. The summed E-state index contributed by atoms with van der Waals surface area (Å²) in [7, 11) is 1.66. The summed E-state index contributed by atoms with van der Waals surface area (Å²) in [5, 5.41) is 8.20. The molecule has 0 aliphatic carbocycles. The molecule has 254 valence electrons. The molecule has 1 aromatic heterocycles. The summed E-state index contributed by atoms with van der Waals surface area (Å²) in [6, 6.07) is 19.0. The zero-order chi connectivity index (χ0) is 34.4. The molecule has 5 rings (SSSR count).